The van der Waals surface area contributed by atoms with E-state index in [1.165, 1.54) is 0 Å². The van der Waals surface area contributed by atoms with Gasteiger partial charge in [-0.15, -0.1) is 0 Å². The van der Waals surface area contributed by atoms with Gasteiger partial charge in [0.05, 0.1) is 6.54 Å². The molecule has 2 aliphatic heterocycles. The van der Waals surface area contributed by atoms with Crippen LogP contribution in [0.3, 0.4) is 0 Å². The second kappa shape index (κ2) is 6.22. The smallest absolute Gasteiger partial charge is 0.254 e. The Morgan fingerprint density at radius 2 is 2.10 bits per heavy atom. The van der Waals surface area contributed by atoms with E-state index in [-0.39, 0.29) is 17.9 Å². The minimum absolute atomic E-state index is 0.0321. The number of carbonyl (C=O) groups is 2. The molecule has 1 aromatic heterocycles. The van der Waals surface area contributed by atoms with E-state index in [0.717, 1.165) is 32.5 Å². The monoisotopic (exact) mass is 288 g/mol. The van der Waals surface area contributed by atoms with Crippen LogP contribution in [0.1, 0.15) is 23.2 Å². The predicted molar refractivity (Wildman–Crippen MR) is 77.7 cm³/mol. The van der Waals surface area contributed by atoms with Crippen molar-refractivity contribution in [1.29, 1.82) is 0 Å². The summed E-state index contributed by atoms with van der Waals surface area (Å²) in [6, 6.07) is 3.63. The van der Waals surface area contributed by atoms with Gasteiger partial charge in [-0.1, -0.05) is 0 Å². The van der Waals surface area contributed by atoms with E-state index in [1.807, 2.05) is 9.80 Å². The fourth-order valence-electron chi connectivity index (χ4n) is 3.08. The van der Waals surface area contributed by atoms with Crippen molar-refractivity contribution in [3.63, 3.8) is 0 Å². The Kier molecular flexibility index (Phi) is 4.15. The first-order chi connectivity index (χ1) is 10.3. The van der Waals surface area contributed by atoms with Gasteiger partial charge in [0, 0.05) is 50.2 Å². The summed E-state index contributed by atoms with van der Waals surface area (Å²) >= 11 is 0. The summed E-state index contributed by atoms with van der Waals surface area (Å²) in [6.45, 7) is 3.38. The van der Waals surface area contributed by atoms with Gasteiger partial charge >= 0.3 is 0 Å². The van der Waals surface area contributed by atoms with Crippen molar-refractivity contribution in [2.45, 2.75) is 18.9 Å². The Morgan fingerprint density at radius 1 is 1.29 bits per heavy atom. The van der Waals surface area contributed by atoms with Crippen molar-refractivity contribution in [3.8, 4) is 0 Å². The molecule has 0 radical (unpaired) electrons. The lowest BCUT2D eigenvalue weighted by atomic mass is 10.0. The van der Waals surface area contributed by atoms with E-state index in [2.05, 4.69) is 10.3 Å². The summed E-state index contributed by atoms with van der Waals surface area (Å²) in [5.74, 6) is 0.175. The number of piperidine rings is 1. The van der Waals surface area contributed by atoms with Crippen molar-refractivity contribution < 1.29 is 9.59 Å². The third-order valence-electron chi connectivity index (χ3n) is 4.18. The molecule has 2 amide bonds. The Balaban J connectivity index is 1.68. The van der Waals surface area contributed by atoms with Gasteiger partial charge in [0.1, 0.15) is 0 Å². The molecule has 1 atom stereocenters. The van der Waals surface area contributed by atoms with Gasteiger partial charge < -0.3 is 15.1 Å². The van der Waals surface area contributed by atoms with Crippen LogP contribution in [-0.4, -0.2) is 65.4 Å². The van der Waals surface area contributed by atoms with E-state index in [0.29, 0.717) is 18.7 Å². The summed E-state index contributed by atoms with van der Waals surface area (Å²) in [5, 5.41) is 3.08. The Bertz CT molecular complexity index is 520. The molecular formula is C15H20N4O2. The van der Waals surface area contributed by atoms with E-state index in [9.17, 15) is 9.59 Å². The largest absolute Gasteiger partial charge is 0.337 e. The number of amides is 2. The molecule has 0 aromatic carbocycles. The molecule has 1 unspecified atom stereocenters. The standard InChI is InChI=1S/C15H20N4O2/c20-14-10-17-7-9-19(14)13-2-1-8-18(11-13)15(21)12-3-5-16-6-4-12/h3-6,13,17H,1-2,7-11H2. The SMILES string of the molecule is O=C(c1ccncc1)N1CCCC(N2CCNCC2=O)C1. The van der Waals surface area contributed by atoms with Crippen molar-refractivity contribution in [2.75, 3.05) is 32.7 Å². The normalized spacial score (nSPS) is 23.2. The molecule has 112 valence electrons. The van der Waals surface area contributed by atoms with E-state index >= 15 is 0 Å². The fraction of sp³-hybridized carbons (Fsp3) is 0.533. The minimum atomic E-state index is 0.0321. The van der Waals surface area contributed by atoms with Crippen molar-refractivity contribution in [3.05, 3.63) is 30.1 Å². The zero-order chi connectivity index (χ0) is 14.7. The van der Waals surface area contributed by atoms with Crippen LogP contribution < -0.4 is 5.32 Å². The van der Waals surface area contributed by atoms with Gasteiger partial charge in [-0.2, -0.15) is 0 Å². The number of nitrogens with one attached hydrogen (secondary N) is 1. The summed E-state index contributed by atoms with van der Waals surface area (Å²) < 4.78 is 0. The maximum Gasteiger partial charge on any atom is 0.254 e. The van der Waals surface area contributed by atoms with Crippen LogP contribution in [-0.2, 0) is 4.79 Å². The third-order valence-corrected chi connectivity index (χ3v) is 4.18. The number of hydrogen-bond donors (Lipinski definition) is 1. The average Bonchev–Trinajstić information content (AvgIpc) is 2.55. The highest BCUT2D eigenvalue weighted by molar-refractivity contribution is 5.94. The summed E-state index contributed by atoms with van der Waals surface area (Å²) in [4.78, 5) is 32.2. The van der Waals surface area contributed by atoms with Gasteiger partial charge in [-0.05, 0) is 25.0 Å². The predicted octanol–water partition coefficient (Wildman–Crippen LogP) is 0.118. The molecule has 2 saturated heterocycles. The van der Waals surface area contributed by atoms with Crippen LogP contribution in [0, 0.1) is 0 Å². The quantitative estimate of drug-likeness (QED) is 0.839. The fourth-order valence-corrected chi connectivity index (χ4v) is 3.08. The van der Waals surface area contributed by atoms with Crippen LogP contribution in [0.25, 0.3) is 0 Å². The Morgan fingerprint density at radius 3 is 2.86 bits per heavy atom. The van der Waals surface area contributed by atoms with E-state index < -0.39 is 0 Å². The van der Waals surface area contributed by atoms with Crippen LogP contribution in [0.5, 0.6) is 0 Å². The van der Waals surface area contributed by atoms with Gasteiger partial charge in [-0.25, -0.2) is 0 Å². The van der Waals surface area contributed by atoms with Crippen molar-refractivity contribution >= 4 is 11.8 Å². The zero-order valence-corrected chi connectivity index (χ0v) is 12.0. The Hall–Kier alpha value is -1.95. The second-order valence-electron chi connectivity index (χ2n) is 5.55. The number of piperazine rings is 1. The van der Waals surface area contributed by atoms with Crippen LogP contribution in [0.4, 0.5) is 0 Å². The maximum absolute atomic E-state index is 12.5. The van der Waals surface area contributed by atoms with E-state index in [4.69, 9.17) is 0 Å². The lowest BCUT2D eigenvalue weighted by Crippen LogP contribution is -2.57. The summed E-state index contributed by atoms with van der Waals surface area (Å²) in [5.41, 5.74) is 0.664. The van der Waals surface area contributed by atoms with Gasteiger partial charge in [-0.3, -0.25) is 14.6 Å². The molecule has 3 heterocycles. The van der Waals surface area contributed by atoms with Gasteiger partial charge in [0.25, 0.3) is 5.91 Å². The number of hydrogen-bond acceptors (Lipinski definition) is 4. The van der Waals surface area contributed by atoms with Gasteiger partial charge in [0.15, 0.2) is 0 Å². The molecule has 3 rings (SSSR count). The molecule has 6 nitrogen and oxygen atoms in total. The summed E-state index contributed by atoms with van der Waals surface area (Å²) in [7, 11) is 0. The molecular weight excluding hydrogens is 268 g/mol. The van der Waals surface area contributed by atoms with Crippen molar-refractivity contribution in [1.82, 2.24) is 20.1 Å². The molecule has 0 saturated carbocycles. The lowest BCUT2D eigenvalue weighted by molar-refractivity contribution is -0.135. The van der Waals surface area contributed by atoms with Crippen LogP contribution >= 0.6 is 0 Å². The molecule has 2 aliphatic rings. The van der Waals surface area contributed by atoms with Crippen molar-refractivity contribution in [2.24, 2.45) is 0 Å². The molecule has 0 spiro atoms. The van der Waals surface area contributed by atoms with Crippen LogP contribution in [0.2, 0.25) is 0 Å². The first-order valence-electron chi connectivity index (χ1n) is 7.45. The molecule has 6 heteroatoms. The number of carbonyl (C=O) groups excluding carboxylic acids is 2. The highest BCUT2D eigenvalue weighted by Crippen LogP contribution is 2.18. The number of nitrogens with zero attached hydrogens (tertiary/aromatic N) is 3. The minimum Gasteiger partial charge on any atom is -0.337 e. The highest BCUT2D eigenvalue weighted by Gasteiger charge is 2.31. The summed E-state index contributed by atoms with van der Waals surface area (Å²) in [6.07, 6.45) is 5.19. The first-order valence-corrected chi connectivity index (χ1v) is 7.45. The van der Waals surface area contributed by atoms with Gasteiger partial charge in [0.2, 0.25) is 5.91 Å². The molecule has 21 heavy (non-hydrogen) atoms. The number of aromatic nitrogens is 1. The number of pyridine rings is 1. The topological polar surface area (TPSA) is 65.5 Å². The number of rotatable bonds is 2. The molecule has 0 aliphatic carbocycles. The third kappa shape index (κ3) is 3.05. The lowest BCUT2D eigenvalue weighted by Gasteiger charge is -2.41. The zero-order valence-electron chi connectivity index (χ0n) is 12.0. The highest BCUT2D eigenvalue weighted by atomic mass is 16.2. The van der Waals surface area contributed by atoms with E-state index in [1.54, 1.807) is 24.5 Å². The van der Waals surface area contributed by atoms with Crippen LogP contribution in [0.15, 0.2) is 24.5 Å². The molecule has 2 fully saturated rings. The Labute approximate surface area is 124 Å². The maximum atomic E-state index is 12.5. The number of likely N-dealkylation sites (tertiary alicyclic amines) is 1. The molecule has 0 bridgehead atoms. The first kappa shape index (κ1) is 14.0. The average molecular weight is 288 g/mol. The molecule has 1 N–H and O–H groups in total. The second-order valence-corrected chi connectivity index (χ2v) is 5.55. The molecule has 1 aromatic rings.